The first-order chi connectivity index (χ1) is 16.2. The van der Waals surface area contributed by atoms with Gasteiger partial charge >= 0.3 is 0 Å². The standard InChI is InChI=1S/C24H25N5O4/c1-31-20-7-5-6-17(22(20)32-2)24-26-23(27-33-24)16-8-9-19-18(14-16)25-15-29(19)13-10-21(30)28-11-3-4-12-28/h5-9,14-15H,3-4,10-13H2,1-2H3. The van der Waals surface area contributed by atoms with Crippen LogP contribution in [0.3, 0.4) is 0 Å². The van der Waals surface area contributed by atoms with E-state index in [4.69, 9.17) is 14.0 Å². The van der Waals surface area contributed by atoms with Gasteiger partial charge in [-0.15, -0.1) is 0 Å². The number of amides is 1. The number of hydrogen-bond donors (Lipinski definition) is 0. The zero-order chi connectivity index (χ0) is 22.8. The lowest BCUT2D eigenvalue weighted by atomic mass is 10.1. The van der Waals surface area contributed by atoms with Gasteiger partial charge in [0.25, 0.3) is 5.89 Å². The Morgan fingerprint density at radius 2 is 1.97 bits per heavy atom. The number of imidazole rings is 1. The molecule has 0 aliphatic carbocycles. The molecule has 0 spiro atoms. The van der Waals surface area contributed by atoms with Crippen LogP contribution < -0.4 is 9.47 Å². The lowest BCUT2D eigenvalue weighted by Crippen LogP contribution is -2.28. The number of hydrogen-bond acceptors (Lipinski definition) is 7. The second-order valence-electron chi connectivity index (χ2n) is 7.94. The zero-order valence-electron chi connectivity index (χ0n) is 18.7. The van der Waals surface area contributed by atoms with Crippen molar-refractivity contribution in [1.82, 2.24) is 24.6 Å². The second kappa shape index (κ2) is 8.93. The maximum Gasteiger partial charge on any atom is 0.262 e. The number of rotatable bonds is 7. The number of nitrogens with zero attached hydrogens (tertiary/aromatic N) is 5. The molecule has 0 bridgehead atoms. The number of ether oxygens (including phenoxy) is 2. The van der Waals surface area contributed by atoms with Gasteiger partial charge in [0.1, 0.15) is 0 Å². The molecule has 2 aromatic heterocycles. The van der Waals surface area contributed by atoms with Crippen molar-refractivity contribution in [3.63, 3.8) is 0 Å². The summed E-state index contributed by atoms with van der Waals surface area (Å²) in [7, 11) is 3.15. The summed E-state index contributed by atoms with van der Waals surface area (Å²) in [4.78, 5) is 23.4. The first-order valence-corrected chi connectivity index (χ1v) is 11.0. The second-order valence-corrected chi connectivity index (χ2v) is 7.94. The number of carbonyl (C=O) groups excluding carboxylic acids is 1. The number of methoxy groups -OCH3 is 2. The summed E-state index contributed by atoms with van der Waals surface area (Å²) in [6, 6.07) is 11.3. The normalized spacial score (nSPS) is 13.6. The molecule has 0 atom stereocenters. The van der Waals surface area contributed by atoms with Crippen LogP contribution in [0.4, 0.5) is 0 Å². The van der Waals surface area contributed by atoms with Gasteiger partial charge in [0, 0.05) is 31.6 Å². The average Bonchev–Trinajstić information content (AvgIpc) is 3.62. The third-order valence-corrected chi connectivity index (χ3v) is 5.96. The topological polar surface area (TPSA) is 95.5 Å². The van der Waals surface area contributed by atoms with Crippen molar-refractivity contribution >= 4 is 16.9 Å². The van der Waals surface area contributed by atoms with Gasteiger partial charge < -0.3 is 23.5 Å². The fourth-order valence-corrected chi connectivity index (χ4v) is 4.23. The van der Waals surface area contributed by atoms with Crippen molar-refractivity contribution in [2.24, 2.45) is 0 Å². The van der Waals surface area contributed by atoms with Gasteiger partial charge in [0.05, 0.1) is 37.1 Å². The number of fused-ring (bicyclic) bond motifs is 1. The molecule has 1 aliphatic heterocycles. The Hall–Kier alpha value is -3.88. The van der Waals surface area contributed by atoms with E-state index in [2.05, 4.69) is 15.1 Å². The Morgan fingerprint density at radius 1 is 1.12 bits per heavy atom. The molecule has 1 amide bonds. The quantitative estimate of drug-likeness (QED) is 0.425. The molecule has 33 heavy (non-hydrogen) atoms. The van der Waals surface area contributed by atoms with Gasteiger partial charge in [-0.1, -0.05) is 11.2 Å². The van der Waals surface area contributed by atoms with Crippen molar-refractivity contribution < 1.29 is 18.8 Å². The van der Waals surface area contributed by atoms with Gasteiger partial charge in [-0.05, 0) is 43.2 Å². The molecule has 170 valence electrons. The van der Waals surface area contributed by atoms with Gasteiger partial charge in [0.15, 0.2) is 11.5 Å². The van der Waals surface area contributed by atoms with E-state index in [1.807, 2.05) is 45.9 Å². The maximum absolute atomic E-state index is 12.4. The third-order valence-electron chi connectivity index (χ3n) is 5.96. The van der Waals surface area contributed by atoms with E-state index in [0.717, 1.165) is 42.5 Å². The molecule has 1 aliphatic rings. The number of aryl methyl sites for hydroxylation is 1. The molecule has 1 fully saturated rings. The van der Waals surface area contributed by atoms with E-state index in [-0.39, 0.29) is 5.91 Å². The molecule has 3 heterocycles. The first-order valence-electron chi connectivity index (χ1n) is 11.0. The van der Waals surface area contributed by atoms with Crippen LogP contribution in [-0.4, -0.2) is 57.8 Å². The highest BCUT2D eigenvalue weighted by molar-refractivity contribution is 5.81. The van der Waals surface area contributed by atoms with Gasteiger partial charge in [0.2, 0.25) is 11.7 Å². The van der Waals surface area contributed by atoms with Crippen LogP contribution in [0.2, 0.25) is 0 Å². The largest absolute Gasteiger partial charge is 0.493 e. The van der Waals surface area contributed by atoms with Gasteiger partial charge in [-0.2, -0.15) is 4.98 Å². The van der Waals surface area contributed by atoms with E-state index < -0.39 is 0 Å². The molecular formula is C24H25N5O4. The van der Waals surface area contributed by atoms with Gasteiger partial charge in [-0.25, -0.2) is 4.98 Å². The number of carbonyl (C=O) groups is 1. The number of para-hydroxylation sites is 1. The molecule has 0 unspecified atom stereocenters. The van der Waals surface area contributed by atoms with Gasteiger partial charge in [-0.3, -0.25) is 4.79 Å². The predicted molar refractivity (Wildman–Crippen MR) is 122 cm³/mol. The minimum atomic E-state index is 0.207. The third kappa shape index (κ3) is 4.02. The Labute approximate surface area is 190 Å². The van der Waals surface area contributed by atoms with Crippen molar-refractivity contribution in [3.8, 4) is 34.3 Å². The Balaban J connectivity index is 1.36. The van der Waals surface area contributed by atoms with E-state index in [9.17, 15) is 4.79 Å². The molecule has 0 saturated carbocycles. The van der Waals surface area contributed by atoms with Crippen LogP contribution >= 0.6 is 0 Å². The number of aromatic nitrogens is 4. The number of benzene rings is 2. The molecular weight excluding hydrogens is 422 g/mol. The first kappa shape index (κ1) is 21.0. The highest BCUT2D eigenvalue weighted by Gasteiger charge is 2.20. The molecule has 9 nitrogen and oxygen atoms in total. The summed E-state index contributed by atoms with van der Waals surface area (Å²) in [5.41, 5.74) is 3.22. The fraction of sp³-hybridized carbons (Fsp3) is 0.333. The average molecular weight is 447 g/mol. The lowest BCUT2D eigenvalue weighted by molar-refractivity contribution is -0.130. The minimum Gasteiger partial charge on any atom is -0.493 e. The fourth-order valence-electron chi connectivity index (χ4n) is 4.23. The van der Waals surface area contributed by atoms with E-state index in [1.165, 1.54) is 0 Å². The SMILES string of the molecule is COc1cccc(-c2nc(-c3ccc4c(c3)ncn4CCC(=O)N3CCCC3)no2)c1OC. The zero-order valence-corrected chi connectivity index (χ0v) is 18.7. The summed E-state index contributed by atoms with van der Waals surface area (Å²) >= 11 is 0. The van der Waals surface area contributed by atoms with Crippen molar-refractivity contribution in [3.05, 3.63) is 42.7 Å². The maximum atomic E-state index is 12.4. The lowest BCUT2D eigenvalue weighted by Gasteiger charge is -2.15. The summed E-state index contributed by atoms with van der Waals surface area (Å²) in [5, 5.41) is 4.14. The Kier molecular flexibility index (Phi) is 5.68. The van der Waals surface area contributed by atoms with Crippen molar-refractivity contribution in [2.45, 2.75) is 25.8 Å². The smallest absolute Gasteiger partial charge is 0.262 e. The number of likely N-dealkylation sites (tertiary alicyclic amines) is 1. The van der Waals surface area contributed by atoms with E-state index in [0.29, 0.717) is 41.7 Å². The van der Waals surface area contributed by atoms with Crippen LogP contribution in [0.25, 0.3) is 33.9 Å². The Morgan fingerprint density at radius 3 is 2.76 bits per heavy atom. The highest BCUT2D eigenvalue weighted by atomic mass is 16.5. The van der Waals surface area contributed by atoms with E-state index >= 15 is 0 Å². The van der Waals surface area contributed by atoms with Crippen molar-refractivity contribution in [1.29, 1.82) is 0 Å². The van der Waals surface area contributed by atoms with Crippen LogP contribution in [-0.2, 0) is 11.3 Å². The molecule has 0 N–H and O–H groups in total. The molecule has 1 saturated heterocycles. The van der Waals surface area contributed by atoms with E-state index in [1.54, 1.807) is 20.5 Å². The van der Waals surface area contributed by atoms with Crippen LogP contribution in [0.5, 0.6) is 11.5 Å². The summed E-state index contributed by atoms with van der Waals surface area (Å²) in [6.07, 6.45) is 4.45. The summed E-state index contributed by atoms with van der Waals surface area (Å²) in [6.45, 7) is 2.36. The highest BCUT2D eigenvalue weighted by Crippen LogP contribution is 2.37. The molecule has 0 radical (unpaired) electrons. The molecule has 9 heteroatoms. The van der Waals surface area contributed by atoms with Crippen LogP contribution in [0.1, 0.15) is 19.3 Å². The molecule has 4 aromatic rings. The van der Waals surface area contributed by atoms with Crippen molar-refractivity contribution in [2.75, 3.05) is 27.3 Å². The molecule has 2 aromatic carbocycles. The predicted octanol–water partition coefficient (Wildman–Crippen LogP) is 3.78. The van der Waals surface area contributed by atoms with Crippen LogP contribution in [0, 0.1) is 0 Å². The summed E-state index contributed by atoms with van der Waals surface area (Å²) < 4.78 is 18.4. The Bertz CT molecular complexity index is 1290. The summed E-state index contributed by atoms with van der Waals surface area (Å²) in [5.74, 6) is 2.12. The van der Waals surface area contributed by atoms with Crippen LogP contribution in [0.15, 0.2) is 47.2 Å². The monoisotopic (exact) mass is 447 g/mol. The minimum absolute atomic E-state index is 0.207. The molecule has 5 rings (SSSR count).